The molecule has 0 atom stereocenters. The third-order valence-electron chi connectivity index (χ3n) is 3.23. The fourth-order valence-electron chi connectivity index (χ4n) is 2.09. The highest BCUT2D eigenvalue weighted by atomic mass is 35.5. The Morgan fingerprint density at radius 2 is 1.93 bits per heavy atom. The standard InChI is InChI=1S/C15H6ClF5N4OS/c16-7-3-4-8(17)9(10(7)18)12-23-14(27-25-12)24-13(26)6-2-1-5-22-11(6)15(19,20)21/h1-5H,(H,23,24,25,26). The quantitative estimate of drug-likeness (QED) is 0.488. The van der Waals surface area contributed by atoms with Crippen molar-refractivity contribution >= 4 is 34.2 Å². The van der Waals surface area contributed by atoms with Crippen LogP contribution >= 0.6 is 23.1 Å². The number of alkyl halides is 3. The van der Waals surface area contributed by atoms with Crippen molar-refractivity contribution < 1.29 is 26.7 Å². The third kappa shape index (κ3) is 3.88. The highest BCUT2D eigenvalue weighted by molar-refractivity contribution is 7.10. The summed E-state index contributed by atoms with van der Waals surface area (Å²) in [5.41, 5.74) is -2.72. The second-order valence-corrected chi connectivity index (χ2v) is 6.15. The molecular formula is C15H6ClF5N4OS. The van der Waals surface area contributed by atoms with Crippen molar-refractivity contribution in [2.45, 2.75) is 6.18 Å². The molecule has 0 unspecified atom stereocenters. The number of amides is 1. The summed E-state index contributed by atoms with van der Waals surface area (Å²) in [5, 5.41) is 1.48. The largest absolute Gasteiger partial charge is 0.434 e. The zero-order chi connectivity index (χ0) is 19.8. The van der Waals surface area contributed by atoms with Crippen molar-refractivity contribution in [3.63, 3.8) is 0 Å². The second kappa shape index (κ2) is 7.16. The molecule has 0 spiro atoms. The van der Waals surface area contributed by atoms with Crippen LogP contribution in [0.5, 0.6) is 0 Å². The summed E-state index contributed by atoms with van der Waals surface area (Å²) in [6.07, 6.45) is -3.94. The summed E-state index contributed by atoms with van der Waals surface area (Å²) in [6, 6.07) is 4.01. The lowest BCUT2D eigenvalue weighted by Crippen LogP contribution is -2.20. The summed E-state index contributed by atoms with van der Waals surface area (Å²) in [5.74, 6) is -3.64. The number of rotatable bonds is 3. The fraction of sp³-hybridized carbons (Fsp3) is 0.0667. The molecule has 3 aromatic rings. The van der Waals surface area contributed by atoms with Gasteiger partial charge in [-0.25, -0.2) is 8.78 Å². The van der Waals surface area contributed by atoms with E-state index in [4.69, 9.17) is 11.6 Å². The minimum Gasteiger partial charge on any atom is -0.297 e. The third-order valence-corrected chi connectivity index (χ3v) is 4.16. The van der Waals surface area contributed by atoms with Crippen LogP contribution in [0.3, 0.4) is 0 Å². The zero-order valence-corrected chi connectivity index (χ0v) is 14.4. The summed E-state index contributed by atoms with van der Waals surface area (Å²) in [4.78, 5) is 19.0. The summed E-state index contributed by atoms with van der Waals surface area (Å²) in [7, 11) is 0. The molecule has 0 aliphatic heterocycles. The normalized spacial score (nSPS) is 11.5. The molecule has 2 heterocycles. The van der Waals surface area contributed by atoms with Crippen molar-refractivity contribution in [3.8, 4) is 11.4 Å². The Balaban J connectivity index is 1.90. The molecule has 1 amide bonds. The number of benzene rings is 1. The van der Waals surface area contributed by atoms with Gasteiger partial charge < -0.3 is 0 Å². The number of nitrogens with zero attached hydrogens (tertiary/aromatic N) is 3. The van der Waals surface area contributed by atoms with E-state index in [9.17, 15) is 26.7 Å². The fourth-order valence-corrected chi connectivity index (χ4v) is 2.81. The van der Waals surface area contributed by atoms with E-state index in [1.54, 1.807) is 0 Å². The lowest BCUT2D eigenvalue weighted by Gasteiger charge is -2.10. The molecule has 27 heavy (non-hydrogen) atoms. The second-order valence-electron chi connectivity index (χ2n) is 4.99. The van der Waals surface area contributed by atoms with Crippen LogP contribution in [0.15, 0.2) is 30.5 Å². The van der Waals surface area contributed by atoms with Gasteiger partial charge >= 0.3 is 6.18 Å². The molecule has 1 N–H and O–H groups in total. The molecule has 0 fully saturated rings. The number of pyridine rings is 1. The molecule has 0 bridgehead atoms. The number of carbonyl (C=O) groups is 1. The molecule has 0 aliphatic rings. The maximum atomic E-state index is 14.0. The summed E-state index contributed by atoms with van der Waals surface area (Å²) >= 11 is 6.12. The van der Waals surface area contributed by atoms with Crippen LogP contribution in [0.25, 0.3) is 11.4 Å². The first-order valence-electron chi connectivity index (χ1n) is 6.99. The van der Waals surface area contributed by atoms with Crippen LogP contribution < -0.4 is 5.32 Å². The number of hydrogen-bond acceptors (Lipinski definition) is 5. The Kier molecular flexibility index (Phi) is 5.07. The molecular weight excluding hydrogens is 415 g/mol. The highest BCUT2D eigenvalue weighted by Gasteiger charge is 2.37. The molecule has 12 heteroatoms. The van der Waals surface area contributed by atoms with Gasteiger partial charge in [-0.3, -0.25) is 15.1 Å². The Hall–Kier alpha value is -2.66. The average Bonchev–Trinajstić information content (AvgIpc) is 3.06. The van der Waals surface area contributed by atoms with E-state index in [2.05, 4.69) is 19.7 Å². The van der Waals surface area contributed by atoms with Crippen molar-refractivity contribution in [2.75, 3.05) is 5.32 Å². The van der Waals surface area contributed by atoms with E-state index in [0.29, 0.717) is 11.5 Å². The predicted molar refractivity (Wildman–Crippen MR) is 87.5 cm³/mol. The maximum absolute atomic E-state index is 14.0. The van der Waals surface area contributed by atoms with Gasteiger partial charge in [-0.2, -0.15) is 22.5 Å². The lowest BCUT2D eigenvalue weighted by atomic mass is 10.1. The molecule has 140 valence electrons. The van der Waals surface area contributed by atoms with Gasteiger partial charge in [0.15, 0.2) is 17.3 Å². The van der Waals surface area contributed by atoms with Crippen LogP contribution in [0.4, 0.5) is 27.1 Å². The van der Waals surface area contributed by atoms with Crippen molar-refractivity contribution in [2.24, 2.45) is 0 Å². The molecule has 1 aromatic carbocycles. The molecule has 0 radical (unpaired) electrons. The van der Waals surface area contributed by atoms with Crippen molar-refractivity contribution in [3.05, 3.63) is 58.4 Å². The van der Waals surface area contributed by atoms with Crippen LogP contribution in [-0.2, 0) is 6.18 Å². The monoisotopic (exact) mass is 420 g/mol. The smallest absolute Gasteiger partial charge is 0.297 e. The SMILES string of the molecule is O=C(Nc1nc(-c2c(F)ccc(Cl)c2F)ns1)c1cccnc1C(F)(F)F. The molecule has 0 saturated heterocycles. The molecule has 0 aliphatic carbocycles. The van der Waals surface area contributed by atoms with Crippen molar-refractivity contribution in [1.82, 2.24) is 14.3 Å². The van der Waals surface area contributed by atoms with E-state index >= 15 is 0 Å². The summed E-state index contributed by atoms with van der Waals surface area (Å²) < 4.78 is 70.4. The number of hydrogen-bond donors (Lipinski definition) is 1. The van der Waals surface area contributed by atoms with Gasteiger partial charge in [0.05, 0.1) is 16.1 Å². The average molecular weight is 421 g/mol. The molecule has 5 nitrogen and oxygen atoms in total. The minimum absolute atomic E-state index is 0.259. The van der Waals surface area contributed by atoms with Gasteiger partial charge in [0.25, 0.3) is 5.91 Å². The number of anilines is 1. The van der Waals surface area contributed by atoms with Crippen molar-refractivity contribution in [1.29, 1.82) is 0 Å². The van der Waals surface area contributed by atoms with Gasteiger partial charge in [0.1, 0.15) is 5.82 Å². The highest BCUT2D eigenvalue weighted by Crippen LogP contribution is 2.32. The Morgan fingerprint density at radius 1 is 1.19 bits per heavy atom. The number of aromatic nitrogens is 3. The number of halogens is 6. The van der Waals surface area contributed by atoms with Crippen LogP contribution in [0, 0.1) is 11.6 Å². The first kappa shape index (κ1) is 19.1. The van der Waals surface area contributed by atoms with Gasteiger partial charge in [0.2, 0.25) is 5.13 Å². The zero-order valence-electron chi connectivity index (χ0n) is 12.8. The van der Waals surface area contributed by atoms with E-state index in [1.807, 2.05) is 0 Å². The first-order valence-corrected chi connectivity index (χ1v) is 8.14. The van der Waals surface area contributed by atoms with E-state index in [1.165, 1.54) is 0 Å². The van der Waals surface area contributed by atoms with Gasteiger partial charge in [-0.05, 0) is 24.3 Å². The van der Waals surface area contributed by atoms with E-state index in [-0.39, 0.29) is 10.2 Å². The lowest BCUT2D eigenvalue weighted by molar-refractivity contribution is -0.141. The van der Waals surface area contributed by atoms with Crippen LogP contribution in [-0.4, -0.2) is 20.2 Å². The maximum Gasteiger partial charge on any atom is 0.434 e. The van der Waals surface area contributed by atoms with Gasteiger partial charge in [0, 0.05) is 17.7 Å². The Morgan fingerprint density at radius 3 is 2.63 bits per heavy atom. The minimum atomic E-state index is -4.84. The van der Waals surface area contributed by atoms with Crippen LogP contribution in [0.2, 0.25) is 5.02 Å². The molecule has 2 aromatic heterocycles. The Labute approximate surface area is 157 Å². The van der Waals surface area contributed by atoms with E-state index < -0.39 is 46.4 Å². The van der Waals surface area contributed by atoms with Gasteiger partial charge in [-0.1, -0.05) is 11.6 Å². The van der Waals surface area contributed by atoms with Gasteiger partial charge in [-0.15, -0.1) is 0 Å². The van der Waals surface area contributed by atoms with Crippen LogP contribution in [0.1, 0.15) is 16.1 Å². The number of nitrogens with one attached hydrogen (secondary N) is 1. The van der Waals surface area contributed by atoms with E-state index in [0.717, 1.165) is 30.5 Å². The molecule has 0 saturated carbocycles. The molecule has 3 rings (SSSR count). The Bertz CT molecular complexity index is 1020. The summed E-state index contributed by atoms with van der Waals surface area (Å²) in [6.45, 7) is 0. The number of carbonyl (C=O) groups excluding carboxylic acids is 1. The predicted octanol–water partition coefficient (Wildman–Crippen LogP) is 4.80. The topological polar surface area (TPSA) is 67.8 Å². The first-order chi connectivity index (χ1) is 12.7.